The van der Waals surface area contributed by atoms with Gasteiger partial charge < -0.3 is 4.74 Å². The van der Waals surface area contributed by atoms with E-state index < -0.39 is 6.09 Å². The predicted molar refractivity (Wildman–Crippen MR) is 62.3 cm³/mol. The van der Waals surface area contributed by atoms with Gasteiger partial charge in [0.25, 0.3) is 5.91 Å². The smallest absolute Gasteiger partial charge is 0.426 e. The highest BCUT2D eigenvalue weighted by Gasteiger charge is 2.25. The lowest BCUT2D eigenvalue weighted by Crippen LogP contribution is -2.52. The molecule has 0 unspecified atom stereocenters. The number of amides is 2. The molecule has 0 aliphatic carbocycles. The van der Waals surface area contributed by atoms with Crippen molar-refractivity contribution < 1.29 is 14.3 Å². The number of nitrogens with zero attached hydrogens (tertiary/aromatic N) is 1. The van der Waals surface area contributed by atoms with Gasteiger partial charge in [-0.05, 0) is 28.9 Å². The lowest BCUT2D eigenvalue weighted by atomic mass is 10.3. The molecule has 5 nitrogen and oxygen atoms in total. The van der Waals surface area contributed by atoms with Gasteiger partial charge in [-0.15, -0.1) is 11.3 Å². The molecule has 1 N–H and O–H groups in total. The number of carbonyl (C=O) groups excluding carboxylic acids is 2. The van der Waals surface area contributed by atoms with Crippen LogP contribution in [0.3, 0.4) is 0 Å². The monoisotopic (exact) mass is 304 g/mol. The van der Waals surface area contributed by atoms with Gasteiger partial charge in [-0.2, -0.15) is 0 Å². The number of thiophene rings is 1. The molecule has 16 heavy (non-hydrogen) atoms. The van der Waals surface area contributed by atoms with E-state index in [4.69, 9.17) is 0 Å². The first-order chi connectivity index (χ1) is 7.58. The van der Waals surface area contributed by atoms with E-state index in [1.807, 2.05) is 6.92 Å². The Balaban J connectivity index is 2.18. The van der Waals surface area contributed by atoms with Crippen LogP contribution in [0.5, 0.6) is 0 Å². The average molecular weight is 305 g/mol. The van der Waals surface area contributed by atoms with Gasteiger partial charge in [0, 0.05) is 4.88 Å². The molecule has 0 saturated carbocycles. The zero-order chi connectivity index (χ0) is 11.7. The lowest BCUT2D eigenvalue weighted by Gasteiger charge is -2.26. The molecular weight excluding hydrogens is 296 g/mol. The van der Waals surface area contributed by atoms with Crippen molar-refractivity contribution in [3.05, 3.63) is 20.3 Å². The van der Waals surface area contributed by atoms with E-state index in [9.17, 15) is 9.59 Å². The predicted octanol–water partition coefficient (Wildman–Crippen LogP) is 1.92. The summed E-state index contributed by atoms with van der Waals surface area (Å²) in [5, 5.41) is 1.26. The van der Waals surface area contributed by atoms with Crippen LogP contribution in [0.4, 0.5) is 4.79 Å². The number of ether oxygens (including phenoxy) is 1. The van der Waals surface area contributed by atoms with Crippen molar-refractivity contribution in [2.45, 2.75) is 6.92 Å². The molecule has 1 saturated heterocycles. The molecule has 0 aromatic carbocycles. The Labute approximate surface area is 104 Å². The van der Waals surface area contributed by atoms with Crippen molar-refractivity contribution >= 4 is 39.3 Å². The SMILES string of the molecule is Cc1cc(C(=O)N2CCOC(=O)N2)c(Br)s1. The van der Waals surface area contributed by atoms with Crippen LogP contribution in [0.2, 0.25) is 0 Å². The van der Waals surface area contributed by atoms with Crippen LogP contribution in [0.1, 0.15) is 15.2 Å². The van der Waals surface area contributed by atoms with Crippen LogP contribution >= 0.6 is 27.3 Å². The number of hydrazine groups is 1. The highest BCUT2D eigenvalue weighted by molar-refractivity contribution is 9.11. The molecule has 2 rings (SSSR count). The third-order valence-corrected chi connectivity index (χ3v) is 3.81. The zero-order valence-corrected chi connectivity index (χ0v) is 10.9. The fraction of sp³-hybridized carbons (Fsp3) is 0.333. The highest BCUT2D eigenvalue weighted by Crippen LogP contribution is 2.28. The van der Waals surface area contributed by atoms with E-state index in [-0.39, 0.29) is 12.5 Å². The topological polar surface area (TPSA) is 58.6 Å². The Morgan fingerprint density at radius 1 is 1.69 bits per heavy atom. The maximum Gasteiger partial charge on any atom is 0.426 e. The van der Waals surface area contributed by atoms with Crippen molar-refractivity contribution in [3.8, 4) is 0 Å². The Morgan fingerprint density at radius 3 is 3.00 bits per heavy atom. The second-order valence-electron chi connectivity index (χ2n) is 3.25. The molecular formula is C9H9BrN2O3S. The minimum absolute atomic E-state index is 0.221. The number of nitrogens with one attached hydrogen (secondary N) is 1. The van der Waals surface area contributed by atoms with Crippen molar-refractivity contribution in [2.24, 2.45) is 0 Å². The van der Waals surface area contributed by atoms with Gasteiger partial charge >= 0.3 is 6.09 Å². The largest absolute Gasteiger partial charge is 0.446 e. The van der Waals surface area contributed by atoms with Crippen molar-refractivity contribution in [1.29, 1.82) is 0 Å². The first-order valence-corrected chi connectivity index (χ1v) is 6.20. The van der Waals surface area contributed by atoms with Crippen molar-refractivity contribution in [2.75, 3.05) is 13.2 Å². The normalized spacial score (nSPS) is 15.6. The Bertz CT molecular complexity index is 446. The van der Waals surface area contributed by atoms with Gasteiger partial charge in [0.1, 0.15) is 6.61 Å². The minimum Gasteiger partial charge on any atom is -0.446 e. The summed E-state index contributed by atoms with van der Waals surface area (Å²) in [6.07, 6.45) is -0.595. The summed E-state index contributed by atoms with van der Waals surface area (Å²) in [5.41, 5.74) is 2.92. The lowest BCUT2D eigenvalue weighted by molar-refractivity contribution is 0.0370. The van der Waals surface area contributed by atoms with E-state index in [1.54, 1.807) is 6.07 Å². The summed E-state index contributed by atoms with van der Waals surface area (Å²) in [6, 6.07) is 1.79. The summed E-state index contributed by atoms with van der Waals surface area (Å²) in [6.45, 7) is 2.49. The van der Waals surface area contributed by atoms with Gasteiger partial charge in [0.2, 0.25) is 0 Å². The van der Waals surface area contributed by atoms with Gasteiger partial charge in [-0.3, -0.25) is 4.79 Å². The molecule has 2 amide bonds. The summed E-state index contributed by atoms with van der Waals surface area (Å²) >= 11 is 4.81. The molecule has 7 heteroatoms. The van der Waals surface area contributed by atoms with Crippen molar-refractivity contribution in [3.63, 3.8) is 0 Å². The molecule has 0 radical (unpaired) electrons. The summed E-state index contributed by atoms with van der Waals surface area (Å²) in [4.78, 5) is 24.0. The van der Waals surface area contributed by atoms with Crippen LogP contribution in [0.15, 0.2) is 9.85 Å². The number of rotatable bonds is 1. The molecule has 86 valence electrons. The number of cyclic esters (lactones) is 1. The van der Waals surface area contributed by atoms with E-state index in [0.717, 1.165) is 8.66 Å². The molecule has 1 aromatic heterocycles. The van der Waals surface area contributed by atoms with Crippen LogP contribution in [-0.2, 0) is 4.74 Å². The minimum atomic E-state index is -0.595. The molecule has 1 aromatic rings. The Kier molecular flexibility index (Phi) is 3.15. The van der Waals surface area contributed by atoms with Gasteiger partial charge in [-0.25, -0.2) is 15.2 Å². The Morgan fingerprint density at radius 2 is 2.44 bits per heavy atom. The van der Waals surface area contributed by atoms with Gasteiger partial charge in [0.05, 0.1) is 15.9 Å². The molecule has 2 heterocycles. The van der Waals surface area contributed by atoms with E-state index >= 15 is 0 Å². The third kappa shape index (κ3) is 2.19. The first-order valence-electron chi connectivity index (χ1n) is 4.59. The van der Waals surface area contributed by atoms with Gasteiger partial charge in [-0.1, -0.05) is 0 Å². The van der Waals surface area contributed by atoms with E-state index in [1.165, 1.54) is 16.3 Å². The molecule has 0 spiro atoms. The number of hydrogen-bond acceptors (Lipinski definition) is 4. The molecule has 0 atom stereocenters. The molecule has 1 fully saturated rings. The maximum absolute atomic E-state index is 12.0. The van der Waals surface area contributed by atoms with Crippen LogP contribution < -0.4 is 5.43 Å². The number of hydrogen-bond donors (Lipinski definition) is 1. The second kappa shape index (κ2) is 4.42. The quantitative estimate of drug-likeness (QED) is 0.862. The molecule has 1 aliphatic heterocycles. The van der Waals surface area contributed by atoms with Gasteiger partial charge in [0.15, 0.2) is 0 Å². The highest BCUT2D eigenvalue weighted by atomic mass is 79.9. The summed E-state index contributed by atoms with van der Waals surface area (Å²) in [7, 11) is 0. The standard InChI is InChI=1S/C9H9BrN2O3S/c1-5-4-6(7(10)16-5)8(13)12-2-3-15-9(14)11-12/h4H,2-3H2,1H3,(H,11,14). The maximum atomic E-state index is 12.0. The fourth-order valence-electron chi connectivity index (χ4n) is 1.36. The Hall–Kier alpha value is -1.08. The van der Waals surface area contributed by atoms with Crippen molar-refractivity contribution in [1.82, 2.24) is 10.4 Å². The van der Waals surface area contributed by atoms with E-state index in [2.05, 4.69) is 26.1 Å². The average Bonchev–Trinajstić information content (AvgIpc) is 2.57. The molecule has 1 aliphatic rings. The number of carbonyl (C=O) groups is 2. The van der Waals surface area contributed by atoms with Crippen LogP contribution in [0, 0.1) is 6.92 Å². The fourth-order valence-corrected chi connectivity index (χ4v) is 3.12. The number of aryl methyl sites for hydroxylation is 1. The zero-order valence-electron chi connectivity index (χ0n) is 8.45. The van der Waals surface area contributed by atoms with E-state index in [0.29, 0.717) is 12.1 Å². The van der Waals surface area contributed by atoms with Crippen LogP contribution in [0.25, 0.3) is 0 Å². The summed E-state index contributed by atoms with van der Waals surface area (Å²) in [5.74, 6) is -0.229. The first kappa shape index (κ1) is 11.4. The third-order valence-electron chi connectivity index (χ3n) is 2.06. The number of halogens is 1. The second-order valence-corrected chi connectivity index (χ2v) is 5.82. The summed E-state index contributed by atoms with van der Waals surface area (Å²) < 4.78 is 5.45. The molecule has 0 bridgehead atoms. The van der Waals surface area contributed by atoms with Crippen LogP contribution in [-0.4, -0.2) is 30.2 Å².